The number of nitrogens with zero attached hydrogens (tertiary/aromatic N) is 2. The minimum Gasteiger partial charge on any atom is -0.465 e. The minimum atomic E-state index is -0.117. The third-order valence-corrected chi connectivity index (χ3v) is 8.12. The van der Waals surface area contributed by atoms with Crippen LogP contribution in [0.25, 0.3) is 0 Å². The van der Waals surface area contributed by atoms with Gasteiger partial charge in [-0.05, 0) is 89.7 Å². The largest absolute Gasteiger partial charge is 0.465 e. The van der Waals surface area contributed by atoms with Crippen LogP contribution in [0, 0.1) is 0 Å². The van der Waals surface area contributed by atoms with Crippen LogP contribution in [0.15, 0.2) is 60.7 Å². The molecule has 41 heavy (non-hydrogen) atoms. The van der Waals surface area contributed by atoms with E-state index in [4.69, 9.17) is 9.47 Å². The fourth-order valence-corrected chi connectivity index (χ4v) is 5.65. The molecule has 2 aromatic carbocycles. The van der Waals surface area contributed by atoms with Gasteiger partial charge in [-0.25, -0.2) is 0 Å². The summed E-state index contributed by atoms with van der Waals surface area (Å²) in [7, 11) is 4.40. The Morgan fingerprint density at radius 3 is 1.41 bits per heavy atom. The molecule has 0 spiro atoms. The Kier molecular flexibility index (Phi) is 17.4. The molecule has 4 rings (SSSR count). The van der Waals surface area contributed by atoms with Crippen molar-refractivity contribution in [3.05, 3.63) is 71.8 Å². The van der Waals surface area contributed by atoms with E-state index in [9.17, 15) is 9.59 Å². The van der Waals surface area contributed by atoms with E-state index in [-0.39, 0.29) is 24.3 Å². The van der Waals surface area contributed by atoms with Gasteiger partial charge in [0, 0.05) is 12.1 Å². The first-order valence-corrected chi connectivity index (χ1v) is 15.3. The molecule has 6 nitrogen and oxygen atoms in total. The summed E-state index contributed by atoms with van der Waals surface area (Å²) in [5.74, 6) is -0.235. The van der Waals surface area contributed by atoms with E-state index in [0.717, 1.165) is 36.8 Å². The van der Waals surface area contributed by atoms with Gasteiger partial charge >= 0.3 is 11.9 Å². The fraction of sp³-hybridized carbons (Fsp3) is 0.588. The van der Waals surface area contributed by atoms with E-state index in [1.807, 2.05) is 60.7 Å². The number of carbonyl (C=O) groups excluding carboxylic acids is 2. The van der Waals surface area contributed by atoms with E-state index >= 15 is 0 Å². The maximum atomic E-state index is 11.7. The average Bonchev–Trinajstić information content (AvgIpc) is 2.97. The Morgan fingerprint density at radius 1 is 0.659 bits per heavy atom. The highest BCUT2D eigenvalue weighted by Gasteiger charge is 2.19. The zero-order chi connectivity index (χ0) is 28.4. The van der Waals surface area contributed by atoms with Gasteiger partial charge in [-0.15, -0.1) is 12.4 Å². The molecule has 2 unspecified atom stereocenters. The van der Waals surface area contributed by atoms with Crippen molar-refractivity contribution in [2.45, 2.75) is 89.1 Å². The molecule has 2 aliphatic rings. The van der Waals surface area contributed by atoms with Gasteiger partial charge in [-0.2, -0.15) is 0 Å². The topological polar surface area (TPSA) is 59.1 Å². The zero-order valence-electron chi connectivity index (χ0n) is 25.2. The Bertz CT molecular complexity index is 896. The maximum absolute atomic E-state index is 11.7. The van der Waals surface area contributed by atoms with Gasteiger partial charge in [-0.1, -0.05) is 73.5 Å². The number of esters is 2. The van der Waals surface area contributed by atoms with Crippen molar-refractivity contribution in [2.75, 3.05) is 40.4 Å². The second-order valence-electron chi connectivity index (χ2n) is 11.3. The van der Waals surface area contributed by atoms with Gasteiger partial charge in [0.1, 0.15) is 0 Å². The van der Waals surface area contributed by atoms with Crippen LogP contribution in [0.2, 0.25) is 0 Å². The van der Waals surface area contributed by atoms with Crippen LogP contribution >= 0.6 is 12.4 Å². The van der Waals surface area contributed by atoms with Gasteiger partial charge in [0.05, 0.1) is 26.1 Å². The monoisotopic (exact) mass is 586 g/mol. The van der Waals surface area contributed by atoms with Gasteiger partial charge in [0.15, 0.2) is 0 Å². The summed E-state index contributed by atoms with van der Waals surface area (Å²) in [5.41, 5.74) is 2.04. The molecule has 2 atom stereocenters. The number of benzene rings is 2. The Labute approximate surface area is 254 Å². The molecule has 2 fully saturated rings. The van der Waals surface area contributed by atoms with Gasteiger partial charge in [-0.3, -0.25) is 9.59 Å². The van der Waals surface area contributed by atoms with Crippen LogP contribution < -0.4 is 0 Å². The maximum Gasteiger partial charge on any atom is 0.310 e. The molecule has 0 radical (unpaired) electrons. The Morgan fingerprint density at radius 2 is 1.05 bits per heavy atom. The van der Waals surface area contributed by atoms with Crippen molar-refractivity contribution < 1.29 is 19.1 Å². The second kappa shape index (κ2) is 20.5. The predicted octanol–water partition coefficient (Wildman–Crippen LogP) is 6.50. The lowest BCUT2D eigenvalue weighted by atomic mass is 9.99. The lowest BCUT2D eigenvalue weighted by Gasteiger charge is -2.32. The van der Waals surface area contributed by atoms with E-state index in [2.05, 4.69) is 23.9 Å². The first kappa shape index (κ1) is 34.8. The number of likely N-dealkylation sites (tertiary alicyclic amines) is 2. The minimum absolute atomic E-state index is 0. The summed E-state index contributed by atoms with van der Waals surface area (Å²) in [6.07, 6.45) is 12.8. The van der Waals surface area contributed by atoms with Crippen LogP contribution in [0.3, 0.4) is 0 Å². The third-order valence-electron chi connectivity index (χ3n) is 8.12. The highest BCUT2D eigenvalue weighted by Crippen LogP contribution is 2.20. The molecule has 0 amide bonds. The molecule has 2 heterocycles. The number of carbonyl (C=O) groups is 2. The predicted molar refractivity (Wildman–Crippen MR) is 168 cm³/mol. The van der Waals surface area contributed by atoms with Gasteiger partial charge < -0.3 is 19.3 Å². The smallest absolute Gasteiger partial charge is 0.310 e. The van der Waals surface area contributed by atoms with Crippen molar-refractivity contribution in [2.24, 2.45) is 0 Å². The summed E-state index contributed by atoms with van der Waals surface area (Å²) < 4.78 is 10.6. The lowest BCUT2D eigenvalue weighted by Crippen LogP contribution is -2.36. The lowest BCUT2D eigenvalue weighted by molar-refractivity contribution is -0.144. The summed E-state index contributed by atoms with van der Waals surface area (Å²) in [4.78, 5) is 28.3. The molecule has 7 heteroatoms. The molecule has 0 N–H and O–H groups in total. The van der Waals surface area contributed by atoms with Crippen LogP contribution in [0.1, 0.15) is 75.3 Å². The summed E-state index contributed by atoms with van der Waals surface area (Å²) in [6.45, 7) is 3.52. The standard InChI is InChI=1S/2C17H25NO2.ClH/c2*1-18-12-6-5-10-16(18)11-7-13-20-17(19)14-15-8-3-2-4-9-15;/h2*2-4,8-9,16H,5-7,10-14H2,1H3;1H. The summed E-state index contributed by atoms with van der Waals surface area (Å²) in [5, 5.41) is 0. The first-order chi connectivity index (χ1) is 19.5. The molecule has 0 bridgehead atoms. The highest BCUT2D eigenvalue weighted by molar-refractivity contribution is 5.85. The molecule has 2 aliphatic heterocycles. The quantitative estimate of drug-likeness (QED) is 0.209. The number of piperidine rings is 2. The van der Waals surface area contributed by atoms with Crippen LogP contribution in [-0.2, 0) is 31.9 Å². The highest BCUT2D eigenvalue weighted by atomic mass is 35.5. The average molecular weight is 587 g/mol. The molecule has 0 saturated carbocycles. The number of rotatable bonds is 12. The third kappa shape index (κ3) is 14.4. The number of ether oxygens (including phenoxy) is 2. The molecular weight excluding hydrogens is 536 g/mol. The van der Waals surface area contributed by atoms with Crippen molar-refractivity contribution in [3.63, 3.8) is 0 Å². The molecule has 228 valence electrons. The molecule has 0 aromatic heterocycles. The Balaban J connectivity index is 0.000000280. The van der Waals surface area contributed by atoms with Gasteiger partial charge in [0.25, 0.3) is 0 Å². The van der Waals surface area contributed by atoms with Gasteiger partial charge in [0.2, 0.25) is 0 Å². The normalized spacial score (nSPS) is 19.3. The number of hydrogen-bond donors (Lipinski definition) is 0. The van der Waals surface area contributed by atoms with Crippen LogP contribution in [0.5, 0.6) is 0 Å². The number of hydrogen-bond acceptors (Lipinski definition) is 6. The van der Waals surface area contributed by atoms with Crippen LogP contribution in [-0.4, -0.2) is 74.2 Å². The van der Waals surface area contributed by atoms with Crippen molar-refractivity contribution in [1.82, 2.24) is 9.80 Å². The van der Waals surface area contributed by atoms with E-state index in [1.54, 1.807) is 0 Å². The van der Waals surface area contributed by atoms with Crippen LogP contribution in [0.4, 0.5) is 0 Å². The van der Waals surface area contributed by atoms with Crippen molar-refractivity contribution >= 4 is 24.3 Å². The molecule has 2 aromatic rings. The van der Waals surface area contributed by atoms with E-state index < -0.39 is 0 Å². The second-order valence-corrected chi connectivity index (χ2v) is 11.3. The molecule has 0 aliphatic carbocycles. The van der Waals surface area contributed by atoms with E-state index in [1.165, 1.54) is 51.6 Å². The van der Waals surface area contributed by atoms with Crippen molar-refractivity contribution in [1.29, 1.82) is 0 Å². The first-order valence-electron chi connectivity index (χ1n) is 15.3. The fourth-order valence-electron chi connectivity index (χ4n) is 5.65. The molecule has 2 saturated heterocycles. The summed E-state index contributed by atoms with van der Waals surface area (Å²) >= 11 is 0. The zero-order valence-corrected chi connectivity index (χ0v) is 26.0. The summed E-state index contributed by atoms with van der Waals surface area (Å²) in [6, 6.07) is 20.9. The SMILES string of the molecule is CN1CCCCC1CCCOC(=O)Cc1ccccc1.CN1CCCCC1CCCOC(=O)Cc1ccccc1.Cl. The van der Waals surface area contributed by atoms with Crippen molar-refractivity contribution in [3.8, 4) is 0 Å². The Hall–Kier alpha value is -2.41. The van der Waals surface area contributed by atoms with E-state index in [0.29, 0.717) is 38.1 Å². The number of halogens is 1. The molecular formula is C34H51ClN2O4.